The molecule has 0 aliphatic rings. The molecule has 0 aliphatic heterocycles. The zero-order valence-electron chi connectivity index (χ0n) is 16.3. The van der Waals surface area contributed by atoms with E-state index in [4.69, 9.17) is 4.74 Å². The highest BCUT2D eigenvalue weighted by Gasteiger charge is 2.16. The van der Waals surface area contributed by atoms with Gasteiger partial charge in [0.25, 0.3) is 5.56 Å². The Bertz CT molecular complexity index is 1340. The number of hydrogen-bond acceptors (Lipinski definition) is 6. The lowest BCUT2D eigenvalue weighted by Gasteiger charge is -2.10. The summed E-state index contributed by atoms with van der Waals surface area (Å²) in [5.74, 6) is -1.52. The van der Waals surface area contributed by atoms with Gasteiger partial charge in [0.05, 0.1) is 24.1 Å². The quantitative estimate of drug-likeness (QED) is 0.495. The number of para-hydroxylation sites is 1. The topological polar surface area (TPSA) is 108 Å². The molecule has 156 valence electrons. The van der Waals surface area contributed by atoms with Crippen molar-refractivity contribution in [1.82, 2.24) is 19.4 Å². The van der Waals surface area contributed by atoms with Gasteiger partial charge in [-0.15, -0.1) is 0 Å². The van der Waals surface area contributed by atoms with Gasteiger partial charge in [-0.2, -0.15) is 10.2 Å². The number of esters is 1. The number of carbonyl (C=O) groups is 2. The monoisotopic (exact) mass is 421 g/mol. The zero-order chi connectivity index (χ0) is 22.0. The lowest BCUT2D eigenvalue weighted by molar-refractivity contribution is -0.117. The number of aromatic nitrogens is 4. The summed E-state index contributed by atoms with van der Waals surface area (Å²) in [7, 11) is 1.24. The number of rotatable bonds is 5. The molecule has 10 heteroatoms. The second-order valence-electron chi connectivity index (χ2n) is 6.55. The number of carbonyl (C=O) groups excluding carboxylic acids is 2. The van der Waals surface area contributed by atoms with E-state index < -0.39 is 17.4 Å². The van der Waals surface area contributed by atoms with Crippen LogP contribution in [-0.2, 0) is 16.1 Å². The molecule has 9 nitrogen and oxygen atoms in total. The van der Waals surface area contributed by atoms with Crippen LogP contribution in [0, 0.1) is 5.82 Å². The van der Waals surface area contributed by atoms with Gasteiger partial charge in [-0.3, -0.25) is 9.59 Å². The highest BCUT2D eigenvalue weighted by molar-refractivity contribution is 6.01. The molecule has 0 unspecified atom stereocenters. The summed E-state index contributed by atoms with van der Waals surface area (Å²) in [6, 6.07) is 13.6. The SMILES string of the molecule is COC(=O)c1ccccc1NC(=O)Cn1ncn2nc(-c3ccc(F)cc3)cc2c1=O. The Balaban J connectivity index is 1.59. The van der Waals surface area contributed by atoms with Crippen molar-refractivity contribution in [2.45, 2.75) is 6.54 Å². The minimum atomic E-state index is -0.597. The first-order valence-electron chi connectivity index (χ1n) is 9.15. The van der Waals surface area contributed by atoms with E-state index in [0.717, 1.165) is 4.68 Å². The summed E-state index contributed by atoms with van der Waals surface area (Å²) in [5.41, 5.74) is 1.23. The van der Waals surface area contributed by atoms with Crippen LogP contribution < -0.4 is 10.9 Å². The summed E-state index contributed by atoms with van der Waals surface area (Å²) in [6.45, 7) is -0.373. The average Bonchev–Trinajstić information content (AvgIpc) is 3.21. The maximum atomic E-state index is 13.1. The van der Waals surface area contributed by atoms with E-state index in [0.29, 0.717) is 11.3 Å². The molecule has 0 atom stereocenters. The van der Waals surface area contributed by atoms with E-state index in [1.807, 2.05) is 0 Å². The number of amides is 1. The highest BCUT2D eigenvalue weighted by Crippen LogP contribution is 2.19. The minimum absolute atomic E-state index is 0.189. The number of anilines is 1. The van der Waals surface area contributed by atoms with Crippen LogP contribution in [0.3, 0.4) is 0 Å². The molecule has 4 rings (SSSR count). The molecular weight excluding hydrogens is 405 g/mol. The van der Waals surface area contributed by atoms with Gasteiger partial charge in [0, 0.05) is 5.56 Å². The second kappa shape index (κ2) is 8.19. The van der Waals surface area contributed by atoms with E-state index in [1.165, 1.54) is 42.2 Å². The molecule has 0 fully saturated rings. The third-order valence-electron chi connectivity index (χ3n) is 4.53. The fraction of sp³-hybridized carbons (Fsp3) is 0.0952. The van der Waals surface area contributed by atoms with Crippen molar-refractivity contribution < 1.29 is 18.7 Å². The Kier molecular flexibility index (Phi) is 5.27. The van der Waals surface area contributed by atoms with Crippen LogP contribution in [0.5, 0.6) is 0 Å². The summed E-state index contributed by atoms with van der Waals surface area (Å²) in [6.07, 6.45) is 1.30. The van der Waals surface area contributed by atoms with Gasteiger partial charge in [0.1, 0.15) is 24.2 Å². The molecule has 0 saturated carbocycles. The van der Waals surface area contributed by atoms with Crippen LogP contribution >= 0.6 is 0 Å². The minimum Gasteiger partial charge on any atom is -0.465 e. The first-order valence-corrected chi connectivity index (χ1v) is 9.15. The van der Waals surface area contributed by atoms with Crippen molar-refractivity contribution in [2.75, 3.05) is 12.4 Å². The number of nitrogens with zero attached hydrogens (tertiary/aromatic N) is 4. The predicted octanol–water partition coefficient (Wildman–Crippen LogP) is 2.12. The zero-order valence-corrected chi connectivity index (χ0v) is 16.3. The van der Waals surface area contributed by atoms with Crippen LogP contribution in [0.15, 0.2) is 65.7 Å². The smallest absolute Gasteiger partial charge is 0.339 e. The number of nitrogens with one attached hydrogen (secondary N) is 1. The maximum absolute atomic E-state index is 13.1. The van der Waals surface area contributed by atoms with Crippen LogP contribution in [0.25, 0.3) is 16.8 Å². The fourth-order valence-corrected chi connectivity index (χ4v) is 3.02. The molecule has 1 amide bonds. The van der Waals surface area contributed by atoms with Crippen molar-refractivity contribution >= 4 is 23.1 Å². The summed E-state index contributed by atoms with van der Waals surface area (Å²) in [5, 5.41) is 10.8. The van der Waals surface area contributed by atoms with E-state index >= 15 is 0 Å². The van der Waals surface area contributed by atoms with E-state index in [2.05, 4.69) is 15.5 Å². The van der Waals surface area contributed by atoms with Crippen molar-refractivity contribution in [2.24, 2.45) is 0 Å². The summed E-state index contributed by atoms with van der Waals surface area (Å²) in [4.78, 5) is 37.1. The third-order valence-corrected chi connectivity index (χ3v) is 4.53. The lowest BCUT2D eigenvalue weighted by atomic mass is 10.1. The van der Waals surface area contributed by atoms with Crippen molar-refractivity contribution in [3.05, 3.63) is 82.7 Å². The van der Waals surface area contributed by atoms with Crippen molar-refractivity contribution in [1.29, 1.82) is 0 Å². The largest absolute Gasteiger partial charge is 0.465 e. The molecule has 2 heterocycles. The van der Waals surface area contributed by atoms with E-state index in [1.54, 1.807) is 30.3 Å². The molecule has 4 aromatic rings. The molecule has 0 aliphatic carbocycles. The Labute approximate surface area is 174 Å². The predicted molar refractivity (Wildman–Crippen MR) is 109 cm³/mol. The number of methoxy groups -OCH3 is 1. The van der Waals surface area contributed by atoms with Crippen molar-refractivity contribution in [3.63, 3.8) is 0 Å². The average molecular weight is 421 g/mol. The lowest BCUT2D eigenvalue weighted by Crippen LogP contribution is -2.31. The van der Waals surface area contributed by atoms with Gasteiger partial charge in [0.15, 0.2) is 0 Å². The molecule has 0 bridgehead atoms. The highest BCUT2D eigenvalue weighted by atomic mass is 19.1. The van der Waals surface area contributed by atoms with Crippen LogP contribution in [0.4, 0.5) is 10.1 Å². The Morgan fingerprint density at radius 3 is 2.61 bits per heavy atom. The van der Waals surface area contributed by atoms with Gasteiger partial charge >= 0.3 is 5.97 Å². The van der Waals surface area contributed by atoms with E-state index in [-0.39, 0.29) is 29.1 Å². The van der Waals surface area contributed by atoms with Gasteiger partial charge in [0.2, 0.25) is 5.91 Å². The van der Waals surface area contributed by atoms with Crippen LogP contribution in [0.2, 0.25) is 0 Å². The fourth-order valence-electron chi connectivity index (χ4n) is 3.02. The normalized spacial score (nSPS) is 10.8. The molecule has 2 aromatic heterocycles. The molecular formula is C21H16FN5O4. The summed E-state index contributed by atoms with van der Waals surface area (Å²) < 4.78 is 20.1. The molecule has 0 spiro atoms. The Morgan fingerprint density at radius 1 is 1.13 bits per heavy atom. The van der Waals surface area contributed by atoms with Gasteiger partial charge in [-0.1, -0.05) is 12.1 Å². The number of fused-ring (bicyclic) bond motifs is 1. The molecule has 0 radical (unpaired) electrons. The summed E-state index contributed by atoms with van der Waals surface area (Å²) >= 11 is 0. The number of benzene rings is 2. The Morgan fingerprint density at radius 2 is 1.87 bits per heavy atom. The van der Waals surface area contributed by atoms with E-state index in [9.17, 15) is 18.8 Å². The van der Waals surface area contributed by atoms with Gasteiger partial charge in [-0.05, 0) is 42.5 Å². The molecule has 31 heavy (non-hydrogen) atoms. The number of ether oxygens (including phenoxy) is 1. The number of halogens is 1. The van der Waals surface area contributed by atoms with Gasteiger partial charge < -0.3 is 10.1 Å². The Hall–Kier alpha value is -4.34. The molecule has 1 N–H and O–H groups in total. The van der Waals surface area contributed by atoms with Gasteiger partial charge in [-0.25, -0.2) is 18.4 Å². The number of hydrogen-bond donors (Lipinski definition) is 1. The standard InChI is InChI=1S/C21H16FN5O4/c1-31-21(30)15-4-2-3-5-16(15)24-19(28)11-26-20(29)18-10-17(25-27(18)12-23-26)13-6-8-14(22)9-7-13/h2-10,12H,11H2,1H3,(H,24,28). The maximum Gasteiger partial charge on any atom is 0.339 e. The first kappa shape index (κ1) is 20.0. The second-order valence-corrected chi connectivity index (χ2v) is 6.55. The molecule has 0 saturated heterocycles. The van der Waals surface area contributed by atoms with Crippen LogP contribution in [0.1, 0.15) is 10.4 Å². The van der Waals surface area contributed by atoms with Crippen molar-refractivity contribution in [3.8, 4) is 11.3 Å². The third kappa shape index (κ3) is 4.04. The van der Waals surface area contributed by atoms with Crippen LogP contribution in [-0.4, -0.2) is 38.4 Å². The molecule has 2 aromatic carbocycles. The first-order chi connectivity index (χ1) is 15.0.